The summed E-state index contributed by atoms with van der Waals surface area (Å²) in [7, 11) is 0. The van der Waals surface area contributed by atoms with Gasteiger partial charge in [0.2, 0.25) is 17.7 Å². The SMILES string of the molecule is O=C1CCC2CN(C(=O)[C@@H]3CCC(=O)N3)CCC2N1. The van der Waals surface area contributed by atoms with Crippen LogP contribution in [0.1, 0.15) is 32.1 Å². The summed E-state index contributed by atoms with van der Waals surface area (Å²) in [5.74, 6) is 0.510. The van der Waals surface area contributed by atoms with Gasteiger partial charge in [-0.05, 0) is 25.2 Å². The molecular formula is C13H19N3O3. The Morgan fingerprint density at radius 3 is 2.53 bits per heavy atom. The highest BCUT2D eigenvalue weighted by Gasteiger charge is 2.38. The lowest BCUT2D eigenvalue weighted by Gasteiger charge is -2.42. The van der Waals surface area contributed by atoms with E-state index < -0.39 is 0 Å². The Morgan fingerprint density at radius 1 is 1.05 bits per heavy atom. The Morgan fingerprint density at radius 2 is 1.79 bits per heavy atom. The predicted octanol–water partition coefficient (Wildman–Crippen LogP) is -0.608. The van der Waals surface area contributed by atoms with E-state index in [2.05, 4.69) is 10.6 Å². The Bertz CT molecular complexity index is 423. The molecule has 3 fully saturated rings. The Hall–Kier alpha value is -1.59. The third-order valence-electron chi connectivity index (χ3n) is 4.43. The fourth-order valence-corrected chi connectivity index (χ4v) is 3.33. The number of nitrogens with zero attached hydrogens (tertiary/aromatic N) is 1. The quantitative estimate of drug-likeness (QED) is 0.664. The molecule has 2 N–H and O–H groups in total. The van der Waals surface area contributed by atoms with Crippen LogP contribution in [-0.4, -0.2) is 47.8 Å². The van der Waals surface area contributed by atoms with Crippen LogP contribution in [0, 0.1) is 5.92 Å². The van der Waals surface area contributed by atoms with Gasteiger partial charge >= 0.3 is 0 Å². The number of hydrogen-bond donors (Lipinski definition) is 2. The lowest BCUT2D eigenvalue weighted by atomic mass is 9.85. The zero-order chi connectivity index (χ0) is 13.4. The Balaban J connectivity index is 1.60. The number of fused-ring (bicyclic) bond motifs is 1. The number of likely N-dealkylation sites (tertiary alicyclic amines) is 1. The average Bonchev–Trinajstić information content (AvgIpc) is 2.84. The fraction of sp³-hybridized carbons (Fsp3) is 0.769. The molecule has 0 bridgehead atoms. The van der Waals surface area contributed by atoms with Gasteiger partial charge in [0, 0.05) is 32.0 Å². The van der Waals surface area contributed by atoms with Crippen LogP contribution < -0.4 is 10.6 Å². The van der Waals surface area contributed by atoms with Gasteiger partial charge in [-0.15, -0.1) is 0 Å². The lowest BCUT2D eigenvalue weighted by molar-refractivity contribution is -0.137. The number of amides is 3. The molecule has 6 nitrogen and oxygen atoms in total. The van der Waals surface area contributed by atoms with Crippen molar-refractivity contribution in [2.45, 2.75) is 44.2 Å². The minimum Gasteiger partial charge on any atom is -0.353 e. The summed E-state index contributed by atoms with van der Waals surface area (Å²) in [4.78, 5) is 36.7. The molecule has 3 rings (SSSR count). The second kappa shape index (κ2) is 4.83. The third kappa shape index (κ3) is 2.43. The largest absolute Gasteiger partial charge is 0.353 e. The van der Waals surface area contributed by atoms with E-state index in [9.17, 15) is 14.4 Å². The highest BCUT2D eigenvalue weighted by atomic mass is 16.2. The van der Waals surface area contributed by atoms with Crippen molar-refractivity contribution in [2.75, 3.05) is 13.1 Å². The summed E-state index contributed by atoms with van der Waals surface area (Å²) in [6.07, 6.45) is 3.30. The van der Waals surface area contributed by atoms with Crippen LogP contribution in [-0.2, 0) is 14.4 Å². The third-order valence-corrected chi connectivity index (χ3v) is 4.43. The van der Waals surface area contributed by atoms with Gasteiger partial charge in [-0.25, -0.2) is 0 Å². The van der Waals surface area contributed by atoms with Crippen LogP contribution in [0.15, 0.2) is 0 Å². The second-order valence-electron chi connectivity index (χ2n) is 5.70. The number of rotatable bonds is 1. The van der Waals surface area contributed by atoms with Crippen LogP contribution in [0.4, 0.5) is 0 Å². The Labute approximate surface area is 111 Å². The van der Waals surface area contributed by atoms with E-state index in [1.165, 1.54) is 0 Å². The van der Waals surface area contributed by atoms with E-state index in [0.717, 1.165) is 12.8 Å². The van der Waals surface area contributed by atoms with Crippen LogP contribution in [0.25, 0.3) is 0 Å². The van der Waals surface area contributed by atoms with Gasteiger partial charge in [0.1, 0.15) is 6.04 Å². The molecule has 3 aliphatic heterocycles. The first-order chi connectivity index (χ1) is 9.13. The smallest absolute Gasteiger partial charge is 0.245 e. The molecule has 0 aromatic carbocycles. The summed E-state index contributed by atoms with van der Waals surface area (Å²) >= 11 is 0. The van der Waals surface area contributed by atoms with Crippen molar-refractivity contribution < 1.29 is 14.4 Å². The maximum Gasteiger partial charge on any atom is 0.245 e. The molecule has 104 valence electrons. The molecule has 0 aromatic heterocycles. The van der Waals surface area contributed by atoms with Crippen molar-refractivity contribution in [3.8, 4) is 0 Å². The topological polar surface area (TPSA) is 78.5 Å². The molecule has 19 heavy (non-hydrogen) atoms. The normalized spacial score (nSPS) is 34.5. The molecule has 2 unspecified atom stereocenters. The number of carbonyl (C=O) groups excluding carboxylic acids is 3. The summed E-state index contributed by atoms with van der Waals surface area (Å²) < 4.78 is 0. The van der Waals surface area contributed by atoms with Crippen molar-refractivity contribution in [1.82, 2.24) is 15.5 Å². The summed E-state index contributed by atoms with van der Waals surface area (Å²) in [5, 5.41) is 5.74. The molecule has 3 saturated heterocycles. The van der Waals surface area contributed by atoms with Crippen molar-refractivity contribution in [3.63, 3.8) is 0 Å². The molecule has 3 atom stereocenters. The zero-order valence-corrected chi connectivity index (χ0v) is 10.9. The lowest BCUT2D eigenvalue weighted by Crippen LogP contribution is -2.57. The molecule has 0 radical (unpaired) electrons. The maximum absolute atomic E-state index is 12.3. The number of hydrogen-bond acceptors (Lipinski definition) is 3. The molecule has 3 amide bonds. The van der Waals surface area contributed by atoms with Gasteiger partial charge in [0.05, 0.1) is 0 Å². The fourth-order valence-electron chi connectivity index (χ4n) is 3.33. The van der Waals surface area contributed by atoms with Gasteiger partial charge in [-0.1, -0.05) is 0 Å². The molecule has 6 heteroatoms. The van der Waals surface area contributed by atoms with Gasteiger partial charge in [0.25, 0.3) is 0 Å². The van der Waals surface area contributed by atoms with E-state index in [0.29, 0.717) is 38.3 Å². The van der Waals surface area contributed by atoms with Crippen LogP contribution >= 0.6 is 0 Å². The molecule has 0 spiro atoms. The minimum atomic E-state index is -0.331. The monoisotopic (exact) mass is 265 g/mol. The molecular weight excluding hydrogens is 246 g/mol. The van der Waals surface area contributed by atoms with E-state index in [4.69, 9.17) is 0 Å². The molecule has 0 aliphatic carbocycles. The first kappa shape index (κ1) is 12.4. The van der Waals surface area contributed by atoms with Crippen molar-refractivity contribution in [1.29, 1.82) is 0 Å². The highest BCUT2D eigenvalue weighted by Crippen LogP contribution is 2.26. The first-order valence-corrected chi connectivity index (χ1v) is 7.01. The van der Waals surface area contributed by atoms with E-state index in [1.54, 1.807) is 0 Å². The molecule has 3 aliphatic rings. The van der Waals surface area contributed by atoms with Gasteiger partial charge in [-0.2, -0.15) is 0 Å². The maximum atomic E-state index is 12.3. The van der Waals surface area contributed by atoms with Crippen molar-refractivity contribution in [2.24, 2.45) is 5.92 Å². The van der Waals surface area contributed by atoms with E-state index in [-0.39, 0.29) is 29.8 Å². The van der Waals surface area contributed by atoms with E-state index >= 15 is 0 Å². The van der Waals surface area contributed by atoms with Crippen LogP contribution in [0.2, 0.25) is 0 Å². The molecule has 3 heterocycles. The average molecular weight is 265 g/mol. The molecule has 0 aromatic rings. The van der Waals surface area contributed by atoms with Gasteiger partial charge in [-0.3, -0.25) is 14.4 Å². The number of piperidine rings is 2. The summed E-state index contributed by atoms with van der Waals surface area (Å²) in [6, 6.07) is -0.106. The zero-order valence-electron chi connectivity index (χ0n) is 10.9. The van der Waals surface area contributed by atoms with Gasteiger partial charge < -0.3 is 15.5 Å². The number of carbonyl (C=O) groups is 3. The first-order valence-electron chi connectivity index (χ1n) is 7.01. The van der Waals surface area contributed by atoms with Crippen LogP contribution in [0.5, 0.6) is 0 Å². The van der Waals surface area contributed by atoms with Crippen molar-refractivity contribution in [3.05, 3.63) is 0 Å². The second-order valence-corrected chi connectivity index (χ2v) is 5.70. The number of nitrogens with one attached hydrogen (secondary N) is 2. The Kier molecular flexibility index (Phi) is 3.16. The summed E-state index contributed by atoms with van der Waals surface area (Å²) in [5.41, 5.74) is 0. The van der Waals surface area contributed by atoms with Crippen LogP contribution in [0.3, 0.4) is 0 Å². The van der Waals surface area contributed by atoms with E-state index in [1.807, 2.05) is 4.90 Å². The van der Waals surface area contributed by atoms with Gasteiger partial charge in [0.15, 0.2) is 0 Å². The standard InChI is InChI=1S/C13H19N3O3/c17-11-3-1-8-7-16(6-5-9(8)14-11)13(19)10-2-4-12(18)15-10/h8-10H,1-7H2,(H,14,17)(H,15,18)/t8?,9?,10-/m0/s1. The molecule has 0 saturated carbocycles. The predicted molar refractivity (Wildman–Crippen MR) is 67.0 cm³/mol. The van der Waals surface area contributed by atoms with Crippen molar-refractivity contribution >= 4 is 17.7 Å². The highest BCUT2D eigenvalue weighted by molar-refractivity contribution is 5.90. The summed E-state index contributed by atoms with van der Waals surface area (Å²) in [6.45, 7) is 1.38. The minimum absolute atomic E-state index is 0.0295.